The van der Waals surface area contributed by atoms with Crippen molar-refractivity contribution in [3.8, 4) is 0 Å². The van der Waals surface area contributed by atoms with Gasteiger partial charge in [0.15, 0.2) is 0 Å². The number of hydrogen-bond donors (Lipinski definition) is 4. The minimum absolute atomic E-state index is 0.0369. The van der Waals surface area contributed by atoms with E-state index in [0.717, 1.165) is 22.3 Å². The van der Waals surface area contributed by atoms with Gasteiger partial charge in [0.05, 0.1) is 0 Å². The molecule has 0 unspecified atom stereocenters. The number of benzene rings is 4. The van der Waals surface area contributed by atoms with Crippen LogP contribution in [0.4, 0.5) is 4.79 Å². The van der Waals surface area contributed by atoms with E-state index in [1.54, 1.807) is 69.3 Å². The lowest BCUT2D eigenvalue weighted by Crippen LogP contribution is -2.59. The number of rotatable bonds is 16. The molecule has 0 radical (unpaired) electrons. The van der Waals surface area contributed by atoms with Crippen LogP contribution in [0.5, 0.6) is 0 Å². The fourth-order valence-corrected chi connectivity index (χ4v) is 5.79. The number of carbonyl (C=O) groups is 5. The standard InChI is InChI=1S/C42H48N4O7/c1-42(2,3)53-41(52)45-34(26-30-19-11-6-12-20-30)39(49)46(4)36(28-32-23-15-8-16-24-32)38(48)43-33(25-29-17-9-5-10-18-29)37(47)44-35(40(50)51)27-31-21-13-7-14-22-31/h5-24,33-36H,25-28H2,1-4H3,(H,43,48)(H,44,47)(H,45,52)(H,50,51)/t33-,34-,35-,36-/m0/s1. The number of carbonyl (C=O) groups excluding carboxylic acids is 4. The fourth-order valence-electron chi connectivity index (χ4n) is 5.79. The van der Waals surface area contributed by atoms with Gasteiger partial charge in [-0.2, -0.15) is 0 Å². The van der Waals surface area contributed by atoms with Gasteiger partial charge in [0.1, 0.15) is 29.8 Å². The first kappa shape index (κ1) is 39.8. The van der Waals surface area contributed by atoms with E-state index in [0.29, 0.717) is 0 Å². The highest BCUT2D eigenvalue weighted by atomic mass is 16.6. The third-order valence-corrected chi connectivity index (χ3v) is 8.47. The van der Waals surface area contributed by atoms with Crippen molar-refractivity contribution in [1.82, 2.24) is 20.9 Å². The average molecular weight is 721 g/mol. The molecular weight excluding hydrogens is 672 g/mol. The van der Waals surface area contributed by atoms with Gasteiger partial charge in [-0.15, -0.1) is 0 Å². The molecule has 0 bridgehead atoms. The maximum Gasteiger partial charge on any atom is 0.408 e. The van der Waals surface area contributed by atoms with Gasteiger partial charge in [-0.05, 0) is 43.0 Å². The van der Waals surface area contributed by atoms with E-state index >= 15 is 0 Å². The van der Waals surface area contributed by atoms with Gasteiger partial charge in [0.25, 0.3) is 0 Å². The monoisotopic (exact) mass is 720 g/mol. The normalized spacial score (nSPS) is 13.4. The maximum absolute atomic E-state index is 14.4. The van der Waals surface area contributed by atoms with Crippen molar-refractivity contribution in [1.29, 1.82) is 0 Å². The summed E-state index contributed by atoms with van der Waals surface area (Å²) in [6.07, 6.45) is -0.477. The van der Waals surface area contributed by atoms with Crippen LogP contribution in [0.2, 0.25) is 0 Å². The largest absolute Gasteiger partial charge is 0.480 e. The van der Waals surface area contributed by atoms with Crippen LogP contribution in [0.15, 0.2) is 121 Å². The second-order valence-electron chi connectivity index (χ2n) is 13.9. The summed E-state index contributed by atoms with van der Waals surface area (Å²) in [6.45, 7) is 5.15. The Hall–Kier alpha value is -5.97. The number of alkyl carbamates (subject to hydrolysis) is 1. The van der Waals surface area contributed by atoms with Crippen LogP contribution in [-0.2, 0) is 49.6 Å². The van der Waals surface area contributed by atoms with E-state index < -0.39 is 59.6 Å². The van der Waals surface area contributed by atoms with Crippen molar-refractivity contribution in [2.45, 2.75) is 76.2 Å². The van der Waals surface area contributed by atoms with Crippen molar-refractivity contribution < 1.29 is 33.8 Å². The molecule has 11 nitrogen and oxygen atoms in total. The highest BCUT2D eigenvalue weighted by Gasteiger charge is 2.36. The summed E-state index contributed by atoms with van der Waals surface area (Å²) in [5, 5.41) is 18.2. The third-order valence-electron chi connectivity index (χ3n) is 8.47. The summed E-state index contributed by atoms with van der Waals surface area (Å²) < 4.78 is 5.47. The van der Waals surface area contributed by atoms with Crippen molar-refractivity contribution in [3.05, 3.63) is 144 Å². The minimum Gasteiger partial charge on any atom is -0.480 e. The van der Waals surface area contributed by atoms with Gasteiger partial charge in [-0.1, -0.05) is 121 Å². The second kappa shape index (κ2) is 19.0. The Kier molecular flexibility index (Phi) is 14.3. The average Bonchev–Trinajstić information content (AvgIpc) is 3.13. The van der Waals surface area contributed by atoms with E-state index in [1.807, 2.05) is 72.8 Å². The lowest BCUT2D eigenvalue weighted by atomic mass is 9.99. The number of amides is 4. The summed E-state index contributed by atoms with van der Waals surface area (Å²) in [6, 6.07) is 31.6. The maximum atomic E-state index is 14.4. The predicted molar refractivity (Wildman–Crippen MR) is 202 cm³/mol. The lowest BCUT2D eigenvalue weighted by molar-refractivity contribution is -0.143. The smallest absolute Gasteiger partial charge is 0.408 e. The summed E-state index contributed by atoms with van der Waals surface area (Å²) in [4.78, 5) is 69.1. The molecule has 0 aliphatic carbocycles. The van der Waals surface area contributed by atoms with Gasteiger partial charge >= 0.3 is 12.1 Å². The van der Waals surface area contributed by atoms with Gasteiger partial charge in [0, 0.05) is 32.7 Å². The van der Waals surface area contributed by atoms with Gasteiger partial charge < -0.3 is 30.7 Å². The minimum atomic E-state index is -1.26. The number of carboxylic acid groups (broad SMARTS) is 1. The number of hydrogen-bond acceptors (Lipinski definition) is 6. The fraction of sp³-hybridized carbons (Fsp3) is 0.310. The summed E-state index contributed by atoms with van der Waals surface area (Å²) in [5.41, 5.74) is 2.17. The van der Waals surface area contributed by atoms with Crippen molar-refractivity contribution >= 4 is 29.8 Å². The van der Waals surface area contributed by atoms with Crippen LogP contribution >= 0.6 is 0 Å². The van der Waals surface area contributed by atoms with Gasteiger partial charge in [-0.25, -0.2) is 9.59 Å². The van der Waals surface area contributed by atoms with E-state index in [-0.39, 0.29) is 25.7 Å². The van der Waals surface area contributed by atoms with E-state index in [2.05, 4.69) is 16.0 Å². The van der Waals surface area contributed by atoms with Gasteiger partial charge in [-0.3, -0.25) is 14.4 Å². The third kappa shape index (κ3) is 12.9. The zero-order valence-corrected chi connectivity index (χ0v) is 30.5. The lowest BCUT2D eigenvalue weighted by Gasteiger charge is -2.32. The second-order valence-corrected chi connectivity index (χ2v) is 13.9. The Morgan fingerprint density at radius 2 is 0.943 bits per heavy atom. The molecule has 0 fully saturated rings. The Labute approximate surface area is 310 Å². The van der Waals surface area contributed by atoms with Crippen LogP contribution in [0, 0.1) is 0 Å². The van der Waals surface area contributed by atoms with E-state index in [4.69, 9.17) is 4.74 Å². The molecule has 4 N–H and O–H groups in total. The first-order chi connectivity index (χ1) is 25.3. The SMILES string of the molecule is CN(C(=O)[C@H](Cc1ccccc1)NC(=O)OC(C)(C)C)[C@@H](Cc1ccccc1)C(=O)N[C@@H](Cc1ccccc1)C(=O)N[C@@H](Cc1ccccc1)C(=O)O. The summed E-state index contributed by atoms with van der Waals surface area (Å²) >= 11 is 0. The highest BCUT2D eigenvalue weighted by molar-refractivity contribution is 5.95. The molecule has 4 rings (SSSR count). The topological polar surface area (TPSA) is 154 Å². The number of likely N-dealkylation sites (N-methyl/N-ethyl adjacent to an activating group) is 1. The summed E-state index contributed by atoms with van der Waals surface area (Å²) in [7, 11) is 1.48. The van der Waals surface area contributed by atoms with E-state index in [1.165, 1.54) is 11.9 Å². The zero-order valence-electron chi connectivity index (χ0n) is 30.5. The van der Waals surface area contributed by atoms with Crippen LogP contribution in [-0.4, -0.2) is 76.6 Å². The molecule has 4 amide bonds. The Balaban J connectivity index is 1.64. The molecule has 4 aromatic carbocycles. The molecule has 53 heavy (non-hydrogen) atoms. The Bertz CT molecular complexity index is 1800. The molecule has 4 aromatic rings. The zero-order chi connectivity index (χ0) is 38.4. The summed E-state index contributed by atoms with van der Waals surface area (Å²) in [5.74, 6) is -3.09. The van der Waals surface area contributed by atoms with Crippen LogP contribution in [0.25, 0.3) is 0 Å². The molecule has 0 spiro atoms. The number of ether oxygens (including phenoxy) is 1. The number of nitrogens with zero attached hydrogens (tertiary/aromatic N) is 1. The van der Waals surface area contributed by atoms with E-state index in [9.17, 15) is 29.1 Å². The predicted octanol–water partition coefficient (Wildman–Crippen LogP) is 4.73. The van der Waals surface area contributed by atoms with Crippen molar-refractivity contribution in [3.63, 3.8) is 0 Å². The molecule has 0 aliphatic heterocycles. The molecule has 11 heteroatoms. The number of nitrogens with one attached hydrogen (secondary N) is 3. The molecule has 0 saturated heterocycles. The highest BCUT2D eigenvalue weighted by Crippen LogP contribution is 2.15. The van der Waals surface area contributed by atoms with Crippen molar-refractivity contribution in [2.24, 2.45) is 0 Å². The number of carboxylic acids is 1. The van der Waals surface area contributed by atoms with Crippen LogP contribution in [0.3, 0.4) is 0 Å². The first-order valence-corrected chi connectivity index (χ1v) is 17.5. The van der Waals surface area contributed by atoms with Gasteiger partial charge in [0.2, 0.25) is 17.7 Å². The van der Waals surface area contributed by atoms with Crippen LogP contribution < -0.4 is 16.0 Å². The molecule has 0 aliphatic rings. The van der Waals surface area contributed by atoms with Crippen LogP contribution in [0.1, 0.15) is 43.0 Å². The molecule has 0 saturated carbocycles. The first-order valence-electron chi connectivity index (χ1n) is 17.5. The molecule has 4 atom stereocenters. The molecular formula is C42H48N4O7. The Morgan fingerprint density at radius 3 is 1.36 bits per heavy atom. The molecule has 0 aromatic heterocycles. The molecule has 278 valence electrons. The number of aliphatic carboxylic acids is 1. The molecule has 0 heterocycles. The van der Waals surface area contributed by atoms with Crippen molar-refractivity contribution in [2.75, 3.05) is 7.05 Å². The Morgan fingerprint density at radius 1 is 0.566 bits per heavy atom. The quantitative estimate of drug-likeness (QED) is 0.131.